The summed E-state index contributed by atoms with van der Waals surface area (Å²) in [6, 6.07) is 15.6. The van der Waals surface area contributed by atoms with Crippen LogP contribution in [0.15, 0.2) is 48.5 Å². The molecule has 0 saturated heterocycles. The predicted molar refractivity (Wildman–Crippen MR) is 120 cm³/mol. The number of anilines is 1. The van der Waals surface area contributed by atoms with E-state index in [4.69, 9.17) is 15.9 Å². The van der Waals surface area contributed by atoms with E-state index in [0.29, 0.717) is 6.54 Å². The molecule has 0 heterocycles. The van der Waals surface area contributed by atoms with Crippen molar-refractivity contribution in [2.24, 2.45) is 0 Å². The number of carbonyl (C=O) groups excluding carboxylic acids is 1. The van der Waals surface area contributed by atoms with Crippen LogP contribution in [0.1, 0.15) is 45.2 Å². The monoisotopic (exact) mass is 391 g/mol. The molecule has 0 N–H and O–H groups in total. The van der Waals surface area contributed by atoms with Gasteiger partial charge in [0.05, 0.1) is 0 Å². The molecule has 4 heteroatoms. The number of benzene rings is 2. The van der Waals surface area contributed by atoms with Gasteiger partial charge in [0.15, 0.2) is 0 Å². The summed E-state index contributed by atoms with van der Waals surface area (Å²) in [6.07, 6.45) is 9.77. The lowest BCUT2D eigenvalue weighted by Crippen LogP contribution is -2.37. The molecule has 0 radical (unpaired) electrons. The average molecular weight is 392 g/mol. The topological polar surface area (TPSA) is 38.8 Å². The quantitative estimate of drug-likeness (QED) is 0.428. The Morgan fingerprint density at radius 3 is 2.07 bits per heavy atom. The minimum atomic E-state index is -0.521. The van der Waals surface area contributed by atoms with Crippen molar-refractivity contribution in [2.45, 2.75) is 39.7 Å². The first-order chi connectivity index (χ1) is 13.8. The van der Waals surface area contributed by atoms with E-state index in [1.54, 1.807) is 4.90 Å². The molecule has 0 aliphatic heterocycles. The second-order valence-corrected chi connectivity index (χ2v) is 7.62. The summed E-state index contributed by atoms with van der Waals surface area (Å²) in [7, 11) is 0. The largest absolute Gasteiger partial charge is 0.481 e. The van der Waals surface area contributed by atoms with Gasteiger partial charge < -0.3 is 9.47 Å². The van der Waals surface area contributed by atoms with Crippen molar-refractivity contribution in [1.82, 2.24) is 0 Å². The molecule has 2 aromatic rings. The lowest BCUT2D eigenvalue weighted by molar-refractivity contribution is 0.0580. The van der Waals surface area contributed by atoms with Crippen molar-refractivity contribution in [2.75, 3.05) is 18.1 Å². The molecule has 0 bridgehead atoms. The number of rotatable bonds is 7. The van der Waals surface area contributed by atoms with Crippen molar-refractivity contribution in [3.8, 4) is 18.1 Å². The van der Waals surface area contributed by atoms with E-state index in [1.165, 1.54) is 0 Å². The first kappa shape index (κ1) is 22.1. The molecule has 2 rings (SSSR count). The van der Waals surface area contributed by atoms with Crippen molar-refractivity contribution in [3.05, 3.63) is 59.7 Å². The van der Waals surface area contributed by atoms with Crippen molar-refractivity contribution in [3.63, 3.8) is 0 Å². The van der Waals surface area contributed by atoms with Crippen LogP contribution in [0.4, 0.5) is 10.5 Å². The summed E-state index contributed by atoms with van der Waals surface area (Å²) in [5.41, 5.74) is 2.41. The number of carbonyl (C=O) groups is 1. The van der Waals surface area contributed by atoms with Crippen LogP contribution in [0, 0.1) is 12.3 Å². The molecule has 0 aromatic heterocycles. The van der Waals surface area contributed by atoms with Crippen molar-refractivity contribution >= 4 is 23.9 Å². The molecule has 1 amide bonds. The number of nitrogens with zero attached hydrogens (tertiary/aromatic N) is 1. The molecule has 152 valence electrons. The zero-order chi connectivity index (χ0) is 21.3. The minimum Gasteiger partial charge on any atom is -0.481 e. The third-order valence-electron chi connectivity index (χ3n) is 3.94. The van der Waals surface area contributed by atoms with Crippen LogP contribution in [0.3, 0.4) is 0 Å². The van der Waals surface area contributed by atoms with Gasteiger partial charge in [-0.2, -0.15) is 0 Å². The standard InChI is InChI=1S/C25H29NO3/c1-6-18-26(24(27)29-25(3,4)5)22-14-10-20(11-15-22)8-9-21-12-16-23(17-13-21)28-19-7-2/h2,8-17H,6,18-19H2,1,3-5H3/b9-8+. The molecule has 0 saturated carbocycles. The van der Waals surface area contributed by atoms with E-state index >= 15 is 0 Å². The molecule has 0 aliphatic carbocycles. The fourth-order valence-corrected chi connectivity index (χ4v) is 2.62. The Kier molecular flexibility index (Phi) is 7.91. The van der Waals surface area contributed by atoms with E-state index in [1.807, 2.05) is 88.4 Å². The maximum absolute atomic E-state index is 12.5. The van der Waals surface area contributed by atoms with Gasteiger partial charge in [-0.05, 0) is 62.6 Å². The molecule has 0 spiro atoms. The summed E-state index contributed by atoms with van der Waals surface area (Å²) in [6.45, 7) is 8.53. The smallest absolute Gasteiger partial charge is 0.414 e. The Morgan fingerprint density at radius 2 is 1.59 bits per heavy atom. The van der Waals surface area contributed by atoms with E-state index < -0.39 is 5.60 Å². The third kappa shape index (κ3) is 7.38. The van der Waals surface area contributed by atoms with Crippen LogP contribution in [-0.2, 0) is 4.74 Å². The van der Waals surface area contributed by atoms with Crippen LogP contribution in [0.2, 0.25) is 0 Å². The Hall–Kier alpha value is -3.19. The highest BCUT2D eigenvalue weighted by molar-refractivity contribution is 5.88. The van der Waals surface area contributed by atoms with Gasteiger partial charge in [-0.25, -0.2) is 4.79 Å². The van der Waals surface area contributed by atoms with Crippen LogP contribution in [-0.4, -0.2) is 24.8 Å². The number of ether oxygens (including phenoxy) is 2. The second kappa shape index (κ2) is 10.4. The molecule has 2 aromatic carbocycles. The number of hydrogen-bond donors (Lipinski definition) is 0. The van der Waals surface area contributed by atoms with Gasteiger partial charge in [0.1, 0.15) is 18.0 Å². The van der Waals surface area contributed by atoms with E-state index in [9.17, 15) is 4.79 Å². The van der Waals surface area contributed by atoms with Crippen molar-refractivity contribution < 1.29 is 14.3 Å². The minimum absolute atomic E-state index is 0.264. The van der Waals surface area contributed by atoms with Gasteiger partial charge in [-0.1, -0.05) is 49.3 Å². The van der Waals surface area contributed by atoms with Gasteiger partial charge in [-0.3, -0.25) is 4.90 Å². The predicted octanol–water partition coefficient (Wildman–Crippen LogP) is 6.02. The molecule has 0 atom stereocenters. The molecule has 29 heavy (non-hydrogen) atoms. The van der Waals surface area contributed by atoms with Gasteiger partial charge in [0, 0.05) is 12.2 Å². The van der Waals surface area contributed by atoms with E-state index in [-0.39, 0.29) is 12.7 Å². The summed E-state index contributed by atoms with van der Waals surface area (Å²) in [5, 5.41) is 0. The van der Waals surface area contributed by atoms with E-state index in [2.05, 4.69) is 5.92 Å². The number of hydrogen-bond acceptors (Lipinski definition) is 3. The summed E-state index contributed by atoms with van der Waals surface area (Å²) >= 11 is 0. The molecule has 0 aliphatic rings. The first-order valence-electron chi connectivity index (χ1n) is 9.77. The fourth-order valence-electron chi connectivity index (χ4n) is 2.62. The van der Waals surface area contributed by atoms with Gasteiger partial charge in [0.2, 0.25) is 0 Å². The highest BCUT2D eigenvalue weighted by atomic mass is 16.6. The summed E-state index contributed by atoms with van der Waals surface area (Å²) in [5.74, 6) is 3.20. The average Bonchev–Trinajstić information content (AvgIpc) is 2.69. The highest BCUT2D eigenvalue weighted by Crippen LogP contribution is 2.21. The Morgan fingerprint density at radius 1 is 1.03 bits per heavy atom. The molecule has 0 unspecified atom stereocenters. The van der Waals surface area contributed by atoms with Gasteiger partial charge >= 0.3 is 6.09 Å². The van der Waals surface area contributed by atoms with Crippen LogP contribution < -0.4 is 9.64 Å². The van der Waals surface area contributed by atoms with Gasteiger partial charge in [-0.15, -0.1) is 6.42 Å². The summed E-state index contributed by atoms with van der Waals surface area (Å²) < 4.78 is 10.9. The lowest BCUT2D eigenvalue weighted by atomic mass is 10.1. The first-order valence-corrected chi connectivity index (χ1v) is 9.77. The maximum Gasteiger partial charge on any atom is 0.414 e. The Bertz CT molecular complexity index is 853. The Balaban J connectivity index is 2.07. The third-order valence-corrected chi connectivity index (χ3v) is 3.94. The zero-order valence-corrected chi connectivity index (χ0v) is 17.6. The normalized spacial score (nSPS) is 11.1. The molecule has 4 nitrogen and oxygen atoms in total. The molecular weight excluding hydrogens is 362 g/mol. The number of terminal acetylenes is 1. The lowest BCUT2D eigenvalue weighted by Gasteiger charge is -2.27. The SMILES string of the molecule is C#CCOc1ccc(/C=C/c2ccc(N(CCC)C(=O)OC(C)(C)C)cc2)cc1. The fraction of sp³-hybridized carbons (Fsp3) is 0.320. The number of amides is 1. The van der Waals surface area contributed by atoms with Crippen LogP contribution in [0.5, 0.6) is 5.75 Å². The van der Waals surface area contributed by atoms with E-state index in [0.717, 1.165) is 29.0 Å². The second-order valence-electron chi connectivity index (χ2n) is 7.62. The molecule has 0 fully saturated rings. The zero-order valence-electron chi connectivity index (χ0n) is 17.6. The summed E-state index contributed by atoms with van der Waals surface area (Å²) in [4.78, 5) is 14.2. The highest BCUT2D eigenvalue weighted by Gasteiger charge is 2.22. The Labute approximate surface area is 174 Å². The molecular formula is C25H29NO3. The van der Waals surface area contributed by atoms with Gasteiger partial charge in [0.25, 0.3) is 0 Å². The van der Waals surface area contributed by atoms with Crippen LogP contribution in [0.25, 0.3) is 12.2 Å². The van der Waals surface area contributed by atoms with Crippen LogP contribution >= 0.6 is 0 Å². The van der Waals surface area contributed by atoms with Crippen molar-refractivity contribution in [1.29, 1.82) is 0 Å². The maximum atomic E-state index is 12.5.